The number of hydrogen-bond donors (Lipinski definition) is 1. The maximum Gasteiger partial charge on any atom is 0.208 e. The quantitative estimate of drug-likeness (QED) is 0.781. The molecule has 14 heavy (non-hydrogen) atoms. The topological polar surface area (TPSA) is 55.9 Å². The van der Waals surface area contributed by atoms with E-state index in [0.717, 1.165) is 11.3 Å². The van der Waals surface area contributed by atoms with Crippen molar-refractivity contribution in [3.05, 3.63) is 24.5 Å². The third-order valence-corrected chi connectivity index (χ3v) is 1.87. The molecule has 0 unspecified atom stereocenters. The van der Waals surface area contributed by atoms with Crippen LogP contribution in [-0.4, -0.2) is 21.8 Å². The molecular weight excluding hydrogens is 180 g/mol. The second-order valence-electron chi connectivity index (χ2n) is 3.05. The molecule has 0 amide bonds. The molecule has 0 aliphatic heterocycles. The van der Waals surface area contributed by atoms with E-state index in [2.05, 4.69) is 15.4 Å². The first-order valence-electron chi connectivity index (χ1n) is 4.38. The molecule has 1 N–H and O–H groups in total. The molecule has 0 bridgehead atoms. The fourth-order valence-corrected chi connectivity index (χ4v) is 1.23. The molecule has 5 heteroatoms. The summed E-state index contributed by atoms with van der Waals surface area (Å²) < 4.78 is 7.23. The highest BCUT2D eigenvalue weighted by atomic mass is 16.4. The van der Waals surface area contributed by atoms with E-state index in [1.165, 1.54) is 0 Å². The first-order chi connectivity index (χ1) is 6.79. The summed E-state index contributed by atoms with van der Waals surface area (Å²) in [5.74, 6) is 1.44. The summed E-state index contributed by atoms with van der Waals surface area (Å²) in [6, 6.07) is 0. The van der Waals surface area contributed by atoms with Gasteiger partial charge in [-0.25, -0.2) is 4.98 Å². The second-order valence-corrected chi connectivity index (χ2v) is 3.05. The van der Waals surface area contributed by atoms with Crippen LogP contribution in [0.5, 0.6) is 0 Å². The summed E-state index contributed by atoms with van der Waals surface area (Å²) in [5.41, 5.74) is 0.947. The summed E-state index contributed by atoms with van der Waals surface area (Å²) in [5, 5.41) is 7.04. The highest BCUT2D eigenvalue weighted by molar-refractivity contribution is 5.53. The van der Waals surface area contributed by atoms with Crippen LogP contribution in [0.4, 0.5) is 0 Å². The average molecular weight is 192 g/mol. The maximum absolute atomic E-state index is 5.50. The van der Waals surface area contributed by atoms with Gasteiger partial charge in [-0.1, -0.05) is 0 Å². The highest BCUT2D eigenvalue weighted by Crippen LogP contribution is 2.18. The number of aryl methyl sites for hydroxylation is 1. The van der Waals surface area contributed by atoms with Crippen molar-refractivity contribution in [1.29, 1.82) is 0 Å². The van der Waals surface area contributed by atoms with Gasteiger partial charge in [0.15, 0.2) is 5.76 Å². The van der Waals surface area contributed by atoms with E-state index in [-0.39, 0.29) is 0 Å². The van der Waals surface area contributed by atoms with E-state index in [9.17, 15) is 0 Å². The van der Waals surface area contributed by atoms with Crippen molar-refractivity contribution < 1.29 is 4.42 Å². The molecule has 0 saturated heterocycles. The average Bonchev–Trinajstić information content (AvgIpc) is 2.74. The Morgan fingerprint density at radius 1 is 1.50 bits per heavy atom. The summed E-state index contributed by atoms with van der Waals surface area (Å²) in [4.78, 5) is 4.13. The fraction of sp³-hybridized carbons (Fsp3) is 0.333. The number of oxazole rings is 1. The Kier molecular flexibility index (Phi) is 2.32. The third kappa shape index (κ3) is 1.67. The second kappa shape index (κ2) is 3.63. The summed E-state index contributed by atoms with van der Waals surface area (Å²) in [6.45, 7) is 0.639. The van der Waals surface area contributed by atoms with Gasteiger partial charge in [0.05, 0.1) is 24.5 Å². The van der Waals surface area contributed by atoms with E-state index < -0.39 is 0 Å². The van der Waals surface area contributed by atoms with Crippen LogP contribution in [0, 0.1) is 0 Å². The van der Waals surface area contributed by atoms with Crippen LogP contribution in [0.1, 0.15) is 5.89 Å². The van der Waals surface area contributed by atoms with Gasteiger partial charge in [-0.3, -0.25) is 4.68 Å². The van der Waals surface area contributed by atoms with E-state index in [4.69, 9.17) is 4.42 Å². The zero-order chi connectivity index (χ0) is 9.97. The van der Waals surface area contributed by atoms with Crippen LogP contribution in [0.15, 0.2) is 23.0 Å². The van der Waals surface area contributed by atoms with Crippen molar-refractivity contribution in [3.8, 4) is 11.3 Å². The summed E-state index contributed by atoms with van der Waals surface area (Å²) in [7, 11) is 3.72. The Morgan fingerprint density at radius 2 is 2.36 bits per heavy atom. The Morgan fingerprint density at radius 3 is 3.00 bits per heavy atom. The minimum absolute atomic E-state index is 0.639. The van der Waals surface area contributed by atoms with Crippen molar-refractivity contribution in [1.82, 2.24) is 20.1 Å². The van der Waals surface area contributed by atoms with Crippen LogP contribution in [0.25, 0.3) is 11.3 Å². The first-order valence-corrected chi connectivity index (χ1v) is 4.38. The molecule has 0 aromatic carbocycles. The monoisotopic (exact) mass is 192 g/mol. The largest absolute Gasteiger partial charge is 0.439 e. The lowest BCUT2D eigenvalue weighted by atomic mass is 10.3. The number of nitrogens with one attached hydrogen (secondary N) is 1. The van der Waals surface area contributed by atoms with E-state index in [1.807, 2.05) is 20.3 Å². The summed E-state index contributed by atoms with van der Waals surface area (Å²) >= 11 is 0. The van der Waals surface area contributed by atoms with Gasteiger partial charge < -0.3 is 9.73 Å². The molecule has 2 aromatic heterocycles. The van der Waals surface area contributed by atoms with Crippen molar-refractivity contribution in [3.63, 3.8) is 0 Å². The maximum atomic E-state index is 5.50. The minimum atomic E-state index is 0.639. The Balaban J connectivity index is 2.24. The van der Waals surface area contributed by atoms with Gasteiger partial charge >= 0.3 is 0 Å². The first kappa shape index (κ1) is 8.96. The van der Waals surface area contributed by atoms with E-state index in [0.29, 0.717) is 12.4 Å². The predicted octanol–water partition coefficient (Wildman–Crippen LogP) is 0.794. The van der Waals surface area contributed by atoms with Crippen molar-refractivity contribution in [2.45, 2.75) is 6.54 Å². The molecular formula is C9H12N4O. The molecule has 0 aliphatic rings. The van der Waals surface area contributed by atoms with Crippen LogP contribution in [-0.2, 0) is 13.6 Å². The molecule has 0 saturated carbocycles. The predicted molar refractivity (Wildman–Crippen MR) is 51.5 cm³/mol. The summed E-state index contributed by atoms with van der Waals surface area (Å²) in [6.07, 6.45) is 5.36. The van der Waals surface area contributed by atoms with Gasteiger partial charge in [-0.05, 0) is 7.05 Å². The standard InChI is InChI=1S/C9H12N4O/c1-10-5-9-11-4-8(14-9)7-3-12-13(2)6-7/h3-4,6,10H,5H2,1-2H3. The lowest BCUT2D eigenvalue weighted by molar-refractivity contribution is 0.491. The minimum Gasteiger partial charge on any atom is -0.439 e. The molecule has 5 nitrogen and oxygen atoms in total. The molecule has 0 spiro atoms. The van der Waals surface area contributed by atoms with Gasteiger partial charge in [0.25, 0.3) is 0 Å². The van der Waals surface area contributed by atoms with Crippen LogP contribution in [0.2, 0.25) is 0 Å². The van der Waals surface area contributed by atoms with Gasteiger partial charge in [0.2, 0.25) is 5.89 Å². The molecule has 0 atom stereocenters. The Bertz CT molecular complexity index is 418. The Hall–Kier alpha value is -1.62. The van der Waals surface area contributed by atoms with E-state index >= 15 is 0 Å². The van der Waals surface area contributed by atoms with Gasteiger partial charge in [-0.2, -0.15) is 5.10 Å². The molecule has 0 aliphatic carbocycles. The lowest BCUT2D eigenvalue weighted by Crippen LogP contribution is -2.04. The van der Waals surface area contributed by atoms with Gasteiger partial charge in [0.1, 0.15) is 0 Å². The van der Waals surface area contributed by atoms with Crippen molar-refractivity contribution in [2.75, 3.05) is 7.05 Å². The van der Waals surface area contributed by atoms with Crippen LogP contribution in [0.3, 0.4) is 0 Å². The fourth-order valence-electron chi connectivity index (χ4n) is 1.23. The van der Waals surface area contributed by atoms with E-state index in [1.54, 1.807) is 17.1 Å². The molecule has 2 rings (SSSR count). The smallest absolute Gasteiger partial charge is 0.208 e. The highest BCUT2D eigenvalue weighted by Gasteiger charge is 2.06. The Labute approximate surface area is 81.8 Å². The molecule has 0 radical (unpaired) electrons. The number of aromatic nitrogens is 3. The zero-order valence-electron chi connectivity index (χ0n) is 8.19. The molecule has 0 fully saturated rings. The van der Waals surface area contributed by atoms with Gasteiger partial charge in [0, 0.05) is 13.2 Å². The number of hydrogen-bond acceptors (Lipinski definition) is 4. The van der Waals surface area contributed by atoms with Crippen LogP contribution < -0.4 is 5.32 Å². The molecule has 2 aromatic rings. The van der Waals surface area contributed by atoms with Crippen molar-refractivity contribution in [2.24, 2.45) is 7.05 Å². The third-order valence-electron chi connectivity index (χ3n) is 1.87. The van der Waals surface area contributed by atoms with Crippen molar-refractivity contribution >= 4 is 0 Å². The van der Waals surface area contributed by atoms with Crippen LogP contribution >= 0.6 is 0 Å². The number of rotatable bonds is 3. The molecule has 2 heterocycles. The van der Waals surface area contributed by atoms with Gasteiger partial charge in [-0.15, -0.1) is 0 Å². The number of nitrogens with zero attached hydrogens (tertiary/aromatic N) is 3. The normalized spacial score (nSPS) is 10.7. The SMILES string of the molecule is CNCc1ncc(-c2cnn(C)c2)o1. The molecule has 74 valence electrons. The lowest BCUT2D eigenvalue weighted by Gasteiger charge is -1.91. The zero-order valence-corrected chi connectivity index (χ0v) is 8.19.